The van der Waals surface area contributed by atoms with Crippen LogP contribution in [0.5, 0.6) is 0 Å². The normalized spacial score (nSPS) is 13.6. The van der Waals surface area contributed by atoms with E-state index in [2.05, 4.69) is 48.8 Å². The number of hydrogen-bond donors (Lipinski definition) is 0. The highest BCUT2D eigenvalue weighted by Gasteiger charge is 2.29. The van der Waals surface area contributed by atoms with Gasteiger partial charge in [0, 0.05) is 11.8 Å². The zero-order chi connectivity index (χ0) is 9.23. The highest BCUT2D eigenvalue weighted by Crippen LogP contribution is 2.21. The van der Waals surface area contributed by atoms with Gasteiger partial charge in [-0.3, -0.25) is 0 Å². The SMILES string of the molecule is CC(C)C(C(C)C)[N+](C)(C)C. The smallest absolute Gasteiger partial charge is 0.0930 e. The highest BCUT2D eigenvalue weighted by molar-refractivity contribution is 4.65. The Bertz CT molecular complexity index is 101. The van der Waals surface area contributed by atoms with Crippen molar-refractivity contribution in [3.05, 3.63) is 0 Å². The van der Waals surface area contributed by atoms with Crippen LogP contribution in [0.1, 0.15) is 27.7 Å². The van der Waals surface area contributed by atoms with Crippen LogP contribution < -0.4 is 0 Å². The lowest BCUT2D eigenvalue weighted by molar-refractivity contribution is -0.903. The Morgan fingerprint density at radius 2 is 1.00 bits per heavy atom. The molecule has 0 aromatic rings. The minimum atomic E-state index is 0.773. The van der Waals surface area contributed by atoms with Crippen molar-refractivity contribution >= 4 is 0 Å². The first-order valence-corrected chi connectivity index (χ1v) is 4.58. The van der Waals surface area contributed by atoms with Crippen LogP contribution in [0.2, 0.25) is 0 Å². The molecule has 1 heteroatoms. The topological polar surface area (TPSA) is 0 Å². The van der Waals surface area contributed by atoms with Crippen LogP contribution in [0.4, 0.5) is 0 Å². The van der Waals surface area contributed by atoms with Crippen LogP contribution in [0, 0.1) is 11.8 Å². The van der Waals surface area contributed by atoms with Crippen LogP contribution >= 0.6 is 0 Å². The highest BCUT2D eigenvalue weighted by atomic mass is 15.3. The maximum Gasteiger partial charge on any atom is 0.0930 e. The first-order valence-electron chi connectivity index (χ1n) is 4.58. The third-order valence-electron chi connectivity index (χ3n) is 2.26. The number of quaternary nitrogens is 1. The summed E-state index contributed by atoms with van der Waals surface area (Å²) in [4.78, 5) is 0. The average Bonchev–Trinajstić information content (AvgIpc) is 1.54. The molecule has 0 aliphatic carbocycles. The van der Waals surface area contributed by atoms with Crippen LogP contribution in [0.3, 0.4) is 0 Å². The van der Waals surface area contributed by atoms with Crippen molar-refractivity contribution in [1.29, 1.82) is 0 Å². The van der Waals surface area contributed by atoms with Gasteiger partial charge in [-0.1, -0.05) is 27.7 Å². The molecule has 0 fully saturated rings. The zero-order valence-corrected chi connectivity index (χ0v) is 9.18. The lowest BCUT2D eigenvalue weighted by Gasteiger charge is -2.39. The van der Waals surface area contributed by atoms with E-state index in [9.17, 15) is 0 Å². The fourth-order valence-corrected chi connectivity index (χ4v) is 2.56. The summed E-state index contributed by atoms with van der Waals surface area (Å²) in [6.07, 6.45) is 0. The van der Waals surface area contributed by atoms with E-state index in [0.29, 0.717) is 0 Å². The molecule has 0 bridgehead atoms. The second kappa shape index (κ2) is 3.57. The Morgan fingerprint density at radius 3 is 1.00 bits per heavy atom. The number of hydrogen-bond acceptors (Lipinski definition) is 0. The molecule has 0 atom stereocenters. The molecule has 0 radical (unpaired) electrons. The first kappa shape index (κ1) is 11.0. The second-order valence-electron chi connectivity index (χ2n) is 5.09. The van der Waals surface area contributed by atoms with E-state index in [-0.39, 0.29) is 0 Å². The minimum absolute atomic E-state index is 0.773. The van der Waals surface area contributed by atoms with Gasteiger partial charge in [0.1, 0.15) is 0 Å². The summed E-state index contributed by atoms with van der Waals surface area (Å²) < 4.78 is 1.08. The van der Waals surface area contributed by atoms with Crippen molar-refractivity contribution in [3.63, 3.8) is 0 Å². The van der Waals surface area contributed by atoms with E-state index < -0.39 is 0 Å². The maximum absolute atomic E-state index is 2.31. The molecule has 0 aromatic heterocycles. The summed E-state index contributed by atoms with van der Waals surface area (Å²) in [5.74, 6) is 1.55. The first-order chi connectivity index (χ1) is 4.76. The van der Waals surface area contributed by atoms with E-state index in [1.165, 1.54) is 0 Å². The number of nitrogens with zero attached hydrogens (tertiary/aromatic N) is 1. The molecule has 11 heavy (non-hydrogen) atoms. The summed E-state index contributed by atoms with van der Waals surface area (Å²) >= 11 is 0. The van der Waals surface area contributed by atoms with E-state index in [1.54, 1.807) is 0 Å². The second-order valence-corrected chi connectivity index (χ2v) is 5.09. The molecule has 0 unspecified atom stereocenters. The van der Waals surface area contributed by atoms with Crippen molar-refractivity contribution in [2.45, 2.75) is 33.7 Å². The molecular formula is C10H24N+. The largest absolute Gasteiger partial charge is 0.328 e. The van der Waals surface area contributed by atoms with Gasteiger partial charge in [-0.15, -0.1) is 0 Å². The quantitative estimate of drug-likeness (QED) is 0.553. The van der Waals surface area contributed by atoms with Gasteiger partial charge in [-0.05, 0) is 0 Å². The van der Waals surface area contributed by atoms with Gasteiger partial charge in [-0.25, -0.2) is 0 Å². The minimum Gasteiger partial charge on any atom is -0.328 e. The number of rotatable bonds is 3. The van der Waals surface area contributed by atoms with Gasteiger partial charge < -0.3 is 4.48 Å². The van der Waals surface area contributed by atoms with Crippen molar-refractivity contribution in [2.24, 2.45) is 11.8 Å². The lowest BCUT2D eigenvalue weighted by atomic mass is 9.91. The molecule has 0 rings (SSSR count). The average molecular weight is 158 g/mol. The van der Waals surface area contributed by atoms with Gasteiger partial charge in [0.25, 0.3) is 0 Å². The van der Waals surface area contributed by atoms with Crippen LogP contribution in [0.25, 0.3) is 0 Å². The predicted octanol–water partition coefficient (Wildman–Crippen LogP) is 2.37. The summed E-state index contributed by atoms with van der Waals surface area (Å²) in [6, 6.07) is 0.773. The summed E-state index contributed by atoms with van der Waals surface area (Å²) in [5.41, 5.74) is 0. The van der Waals surface area contributed by atoms with E-state index in [1.807, 2.05) is 0 Å². The molecule has 0 saturated carbocycles. The molecule has 0 spiro atoms. The molecule has 0 saturated heterocycles. The van der Waals surface area contributed by atoms with Crippen molar-refractivity contribution in [1.82, 2.24) is 0 Å². The predicted molar refractivity (Wildman–Crippen MR) is 51.5 cm³/mol. The lowest BCUT2D eigenvalue weighted by Crippen LogP contribution is -2.50. The standard InChI is InChI=1S/C10H24N/c1-8(2)10(9(3)4)11(5,6)7/h8-10H,1-7H3/q+1. The van der Waals surface area contributed by atoms with Crippen molar-refractivity contribution in [2.75, 3.05) is 21.1 Å². The Balaban J connectivity index is 4.35. The van der Waals surface area contributed by atoms with E-state index in [4.69, 9.17) is 0 Å². The van der Waals surface area contributed by atoms with Crippen LogP contribution in [0.15, 0.2) is 0 Å². The van der Waals surface area contributed by atoms with Gasteiger partial charge in [0.2, 0.25) is 0 Å². The van der Waals surface area contributed by atoms with Crippen LogP contribution in [-0.2, 0) is 0 Å². The monoisotopic (exact) mass is 158 g/mol. The van der Waals surface area contributed by atoms with Gasteiger partial charge >= 0.3 is 0 Å². The molecular weight excluding hydrogens is 134 g/mol. The molecule has 0 N–H and O–H groups in total. The van der Waals surface area contributed by atoms with E-state index in [0.717, 1.165) is 22.4 Å². The Hall–Kier alpha value is -0.0400. The van der Waals surface area contributed by atoms with Gasteiger partial charge in [-0.2, -0.15) is 0 Å². The molecule has 0 heterocycles. The molecule has 68 valence electrons. The Kier molecular flexibility index (Phi) is 3.56. The Labute approximate surface area is 72.0 Å². The van der Waals surface area contributed by atoms with E-state index >= 15 is 0 Å². The third-order valence-corrected chi connectivity index (χ3v) is 2.26. The summed E-state index contributed by atoms with van der Waals surface area (Å²) in [7, 11) is 6.85. The van der Waals surface area contributed by atoms with Gasteiger partial charge in [0.15, 0.2) is 0 Å². The molecule has 0 amide bonds. The fourth-order valence-electron chi connectivity index (χ4n) is 2.56. The molecule has 0 aliphatic heterocycles. The third kappa shape index (κ3) is 3.24. The zero-order valence-electron chi connectivity index (χ0n) is 9.18. The van der Waals surface area contributed by atoms with Crippen molar-refractivity contribution < 1.29 is 4.48 Å². The van der Waals surface area contributed by atoms with Crippen LogP contribution in [-0.4, -0.2) is 31.7 Å². The fraction of sp³-hybridized carbons (Fsp3) is 1.00. The summed E-state index contributed by atoms with van der Waals surface area (Å²) in [6.45, 7) is 9.25. The van der Waals surface area contributed by atoms with Gasteiger partial charge in [0.05, 0.1) is 27.2 Å². The molecule has 1 nitrogen and oxygen atoms in total. The molecule has 0 aliphatic rings. The Morgan fingerprint density at radius 1 is 0.727 bits per heavy atom. The summed E-state index contributed by atoms with van der Waals surface area (Å²) in [5, 5.41) is 0. The molecule has 0 aromatic carbocycles. The van der Waals surface area contributed by atoms with Crippen molar-refractivity contribution in [3.8, 4) is 0 Å². The maximum atomic E-state index is 2.31.